The molecule has 0 saturated heterocycles. The standard InChI is InChI=1S/C30H21F7N2O4/c31-22-13-21(29(32,33)34)27(15-1-3-17(4-2-15)39-10-9-25(38-39)30(35,36)37)20-7-8-23(28(20)22)43-18-5-6-19-16(11-26(40)41)14-42-24(19)12-18/h1-6,9-10,12-13,16,23H,7-8,11,14H2,(H,40,41). The second-order valence-corrected chi connectivity index (χ2v) is 10.3. The molecule has 0 amide bonds. The van der Waals surface area contributed by atoms with Crippen LogP contribution in [0.1, 0.15) is 52.8 Å². The van der Waals surface area contributed by atoms with Crippen molar-refractivity contribution >= 4 is 5.97 Å². The van der Waals surface area contributed by atoms with E-state index in [9.17, 15) is 31.1 Å². The van der Waals surface area contributed by atoms with Gasteiger partial charge in [0.1, 0.15) is 23.4 Å². The first-order valence-electron chi connectivity index (χ1n) is 13.1. The van der Waals surface area contributed by atoms with E-state index in [0.717, 1.165) is 16.9 Å². The molecule has 0 saturated carbocycles. The van der Waals surface area contributed by atoms with Crippen molar-refractivity contribution in [3.8, 4) is 28.3 Å². The first-order chi connectivity index (χ1) is 20.3. The number of nitrogens with zero attached hydrogens (tertiary/aromatic N) is 2. The molecule has 2 heterocycles. The van der Waals surface area contributed by atoms with Gasteiger partial charge in [0.05, 0.1) is 24.3 Å². The van der Waals surface area contributed by atoms with Crippen LogP contribution < -0.4 is 9.47 Å². The summed E-state index contributed by atoms with van der Waals surface area (Å²) >= 11 is 0. The van der Waals surface area contributed by atoms with Gasteiger partial charge in [-0.05, 0) is 59.9 Å². The molecule has 6 nitrogen and oxygen atoms in total. The van der Waals surface area contributed by atoms with Crippen molar-refractivity contribution in [2.24, 2.45) is 0 Å². The Bertz CT molecular complexity index is 1710. The molecule has 1 aromatic heterocycles. The number of rotatable bonds is 6. The number of ether oxygens (including phenoxy) is 2. The maximum atomic E-state index is 15.3. The molecular weight excluding hydrogens is 585 g/mol. The van der Waals surface area contributed by atoms with Crippen molar-refractivity contribution < 1.29 is 50.1 Å². The van der Waals surface area contributed by atoms with Gasteiger partial charge in [-0.15, -0.1) is 0 Å². The molecule has 2 unspecified atom stereocenters. The van der Waals surface area contributed by atoms with Gasteiger partial charge in [0.2, 0.25) is 0 Å². The number of hydrogen-bond donors (Lipinski definition) is 1. The Morgan fingerprint density at radius 2 is 1.77 bits per heavy atom. The smallest absolute Gasteiger partial charge is 0.435 e. The van der Waals surface area contributed by atoms with Crippen LogP contribution in [0.4, 0.5) is 30.7 Å². The first kappa shape index (κ1) is 28.6. The van der Waals surface area contributed by atoms with E-state index in [1.807, 2.05) is 0 Å². The summed E-state index contributed by atoms with van der Waals surface area (Å²) in [7, 11) is 0. The van der Waals surface area contributed by atoms with Gasteiger partial charge in [0.15, 0.2) is 5.69 Å². The molecule has 1 aliphatic heterocycles. The zero-order valence-corrected chi connectivity index (χ0v) is 22.0. The van der Waals surface area contributed by atoms with Crippen LogP contribution in [0.25, 0.3) is 16.8 Å². The van der Waals surface area contributed by atoms with Crippen molar-refractivity contribution in [2.75, 3.05) is 6.61 Å². The monoisotopic (exact) mass is 606 g/mol. The highest BCUT2D eigenvalue weighted by atomic mass is 19.4. The van der Waals surface area contributed by atoms with Gasteiger partial charge in [-0.2, -0.15) is 31.4 Å². The third-order valence-electron chi connectivity index (χ3n) is 7.57. The third-order valence-corrected chi connectivity index (χ3v) is 7.57. The quantitative estimate of drug-likeness (QED) is 0.228. The van der Waals surface area contributed by atoms with Gasteiger partial charge in [-0.1, -0.05) is 18.2 Å². The Labute approximate surface area is 239 Å². The number of carbonyl (C=O) groups is 1. The lowest BCUT2D eigenvalue weighted by Gasteiger charge is -2.21. The summed E-state index contributed by atoms with van der Waals surface area (Å²) in [5.41, 5.74) is -1.42. The van der Waals surface area contributed by atoms with Crippen LogP contribution in [0, 0.1) is 5.82 Å². The SMILES string of the molecule is O=C(O)CC1COc2cc(OC3CCc4c(-c5ccc(-n6ccc(C(F)(F)F)n6)cc5)c(C(F)(F)F)cc(F)c43)ccc21. The number of aliphatic carboxylic acids is 1. The molecular formula is C30H21F7N2O4. The van der Waals surface area contributed by atoms with Crippen LogP contribution in [0.15, 0.2) is 60.8 Å². The molecule has 0 spiro atoms. The van der Waals surface area contributed by atoms with Crippen molar-refractivity contribution in [3.05, 3.63) is 94.6 Å². The first-order valence-corrected chi connectivity index (χ1v) is 13.1. The van der Waals surface area contributed by atoms with Crippen LogP contribution in [0.5, 0.6) is 11.5 Å². The van der Waals surface area contributed by atoms with E-state index in [1.165, 1.54) is 24.3 Å². The summed E-state index contributed by atoms with van der Waals surface area (Å²) in [5, 5.41) is 12.6. The van der Waals surface area contributed by atoms with E-state index in [1.54, 1.807) is 18.2 Å². The zero-order chi connectivity index (χ0) is 30.7. The number of carboxylic acid groups (broad SMARTS) is 1. The van der Waals surface area contributed by atoms with E-state index < -0.39 is 41.5 Å². The van der Waals surface area contributed by atoms with Crippen LogP contribution in [0.2, 0.25) is 0 Å². The minimum atomic E-state index is -4.89. The molecule has 2 aliphatic rings. The fourth-order valence-electron chi connectivity index (χ4n) is 5.69. The Kier molecular flexibility index (Phi) is 6.85. The van der Waals surface area contributed by atoms with E-state index in [0.29, 0.717) is 17.4 Å². The minimum absolute atomic E-state index is 0.0147. The molecule has 1 N–H and O–H groups in total. The van der Waals surface area contributed by atoms with Crippen LogP contribution >= 0.6 is 0 Å². The fourth-order valence-corrected chi connectivity index (χ4v) is 5.69. The molecule has 3 aromatic carbocycles. The molecule has 224 valence electrons. The number of fused-ring (bicyclic) bond motifs is 2. The minimum Gasteiger partial charge on any atom is -0.492 e. The van der Waals surface area contributed by atoms with Crippen molar-refractivity contribution in [3.63, 3.8) is 0 Å². The van der Waals surface area contributed by atoms with Gasteiger partial charge in [0, 0.05) is 29.3 Å². The summed E-state index contributed by atoms with van der Waals surface area (Å²) < 4.78 is 109. The lowest BCUT2D eigenvalue weighted by Crippen LogP contribution is -2.13. The normalized spacial score (nSPS) is 17.8. The average Bonchev–Trinajstić information content (AvgIpc) is 3.67. The third kappa shape index (κ3) is 5.39. The van der Waals surface area contributed by atoms with E-state index in [4.69, 9.17) is 14.6 Å². The average molecular weight is 606 g/mol. The highest BCUT2D eigenvalue weighted by Gasteiger charge is 2.40. The van der Waals surface area contributed by atoms with Crippen molar-refractivity contribution in [1.82, 2.24) is 9.78 Å². The zero-order valence-electron chi connectivity index (χ0n) is 22.0. The lowest BCUT2D eigenvalue weighted by molar-refractivity contribution is -0.141. The molecule has 0 radical (unpaired) electrons. The second kappa shape index (κ2) is 10.3. The molecule has 6 rings (SSSR count). The molecule has 2 atom stereocenters. The Morgan fingerprint density at radius 3 is 2.42 bits per heavy atom. The second-order valence-electron chi connectivity index (χ2n) is 10.3. The molecule has 13 heteroatoms. The number of alkyl halides is 6. The summed E-state index contributed by atoms with van der Waals surface area (Å²) in [4.78, 5) is 11.1. The van der Waals surface area contributed by atoms with E-state index >= 15 is 4.39 Å². The van der Waals surface area contributed by atoms with Crippen molar-refractivity contribution in [2.45, 2.75) is 43.6 Å². The number of benzene rings is 3. The molecule has 1 aliphatic carbocycles. The van der Waals surface area contributed by atoms with Gasteiger partial charge in [0.25, 0.3) is 0 Å². The predicted octanol–water partition coefficient (Wildman–Crippen LogP) is 7.73. The summed E-state index contributed by atoms with van der Waals surface area (Å²) in [6, 6.07) is 11.3. The van der Waals surface area contributed by atoms with Crippen LogP contribution in [-0.2, 0) is 23.6 Å². The summed E-state index contributed by atoms with van der Waals surface area (Å²) in [6.45, 7) is 0.179. The Morgan fingerprint density at radius 1 is 1.02 bits per heavy atom. The molecule has 0 fully saturated rings. The lowest BCUT2D eigenvalue weighted by atomic mass is 9.90. The number of aromatic nitrogens is 2. The maximum absolute atomic E-state index is 15.3. The molecule has 4 aromatic rings. The highest BCUT2D eigenvalue weighted by molar-refractivity contribution is 5.75. The van der Waals surface area contributed by atoms with Crippen molar-refractivity contribution in [1.29, 1.82) is 0 Å². The Balaban J connectivity index is 1.33. The number of hydrogen-bond acceptors (Lipinski definition) is 4. The van der Waals surface area contributed by atoms with Gasteiger partial charge in [-0.25, -0.2) is 9.07 Å². The summed E-state index contributed by atoms with van der Waals surface area (Å²) in [5.74, 6) is -1.66. The van der Waals surface area contributed by atoms with Crippen LogP contribution in [-0.4, -0.2) is 27.5 Å². The molecule has 0 bridgehead atoms. The predicted molar refractivity (Wildman–Crippen MR) is 138 cm³/mol. The Hall–Kier alpha value is -4.55. The summed E-state index contributed by atoms with van der Waals surface area (Å²) in [6.07, 6.45) is -9.22. The maximum Gasteiger partial charge on any atom is 0.435 e. The topological polar surface area (TPSA) is 73.6 Å². The number of carboxylic acids is 1. The van der Waals surface area contributed by atoms with Crippen LogP contribution in [0.3, 0.4) is 0 Å². The largest absolute Gasteiger partial charge is 0.492 e. The molecule has 43 heavy (non-hydrogen) atoms. The van der Waals surface area contributed by atoms with Gasteiger partial charge >= 0.3 is 18.3 Å². The van der Waals surface area contributed by atoms with E-state index in [2.05, 4.69) is 5.10 Å². The van der Waals surface area contributed by atoms with Gasteiger partial charge in [-0.3, -0.25) is 4.79 Å². The van der Waals surface area contributed by atoms with E-state index in [-0.39, 0.29) is 65.5 Å². The fraction of sp³-hybridized carbons (Fsp3) is 0.267. The van der Waals surface area contributed by atoms with Gasteiger partial charge < -0.3 is 14.6 Å². The number of halogens is 7. The highest BCUT2D eigenvalue weighted by Crippen LogP contribution is 2.48.